The van der Waals surface area contributed by atoms with E-state index in [0.717, 1.165) is 77.0 Å². The molecular weight excluding hydrogens is 837 g/mol. The number of hydrogen-bond donors (Lipinski definition) is 0. The van der Waals surface area contributed by atoms with E-state index >= 15 is 0 Å². The van der Waals surface area contributed by atoms with Crippen molar-refractivity contribution < 1.29 is 23.8 Å². The quantitative estimate of drug-likeness (QED) is 0.0345. The molecule has 5 nitrogen and oxygen atoms in total. The van der Waals surface area contributed by atoms with Crippen LogP contribution in [0.1, 0.15) is 252 Å². The van der Waals surface area contributed by atoms with Crippen molar-refractivity contribution in [2.75, 3.05) is 19.8 Å². The summed E-state index contributed by atoms with van der Waals surface area (Å²) in [6, 6.07) is 0. The summed E-state index contributed by atoms with van der Waals surface area (Å²) in [4.78, 5) is 25.4. The van der Waals surface area contributed by atoms with Crippen LogP contribution in [0.25, 0.3) is 0 Å². The third-order valence-electron chi connectivity index (χ3n) is 11.8. The first-order valence-electron chi connectivity index (χ1n) is 28.4. The van der Waals surface area contributed by atoms with Gasteiger partial charge in [0.25, 0.3) is 0 Å². The van der Waals surface area contributed by atoms with E-state index in [0.29, 0.717) is 25.9 Å². The Morgan fingerprint density at radius 1 is 0.338 bits per heavy atom. The number of allylic oxidation sites excluding steroid dienone is 18. The average Bonchev–Trinajstić information content (AvgIpc) is 3.34. The van der Waals surface area contributed by atoms with E-state index < -0.39 is 6.10 Å². The Bertz CT molecular complexity index is 1340. The smallest absolute Gasteiger partial charge is 0.306 e. The van der Waals surface area contributed by atoms with E-state index in [4.69, 9.17) is 14.2 Å². The zero-order chi connectivity index (χ0) is 49.2. The van der Waals surface area contributed by atoms with Crippen LogP contribution in [-0.4, -0.2) is 37.9 Å². The fraction of sp³-hybridized carbons (Fsp3) is 0.683. The topological polar surface area (TPSA) is 61.8 Å². The van der Waals surface area contributed by atoms with Gasteiger partial charge in [-0.25, -0.2) is 0 Å². The summed E-state index contributed by atoms with van der Waals surface area (Å²) in [7, 11) is 0. The molecule has 0 radical (unpaired) electrons. The minimum Gasteiger partial charge on any atom is -0.462 e. The summed E-state index contributed by atoms with van der Waals surface area (Å²) >= 11 is 0. The number of esters is 2. The van der Waals surface area contributed by atoms with Gasteiger partial charge in [-0.05, 0) is 89.9 Å². The second kappa shape index (κ2) is 57.9. The molecule has 0 rings (SSSR count). The molecule has 0 aliphatic carbocycles. The molecule has 68 heavy (non-hydrogen) atoms. The minimum absolute atomic E-state index is 0.0216. The summed E-state index contributed by atoms with van der Waals surface area (Å²) in [5.74, 6) is -0.553. The Morgan fingerprint density at radius 2 is 0.691 bits per heavy atom. The minimum atomic E-state index is -0.598. The number of rotatable bonds is 51. The third kappa shape index (κ3) is 55.2. The Morgan fingerprint density at radius 3 is 1.12 bits per heavy atom. The average molecular weight is 944 g/mol. The molecule has 0 N–H and O–H groups in total. The molecule has 0 heterocycles. The molecule has 0 amide bonds. The van der Waals surface area contributed by atoms with E-state index in [2.05, 4.69) is 124 Å². The first-order valence-corrected chi connectivity index (χ1v) is 28.4. The van der Waals surface area contributed by atoms with Crippen LogP contribution in [0.4, 0.5) is 0 Å². The monoisotopic (exact) mass is 943 g/mol. The lowest BCUT2D eigenvalue weighted by Gasteiger charge is -2.18. The molecule has 0 saturated carbocycles. The molecule has 0 spiro atoms. The second-order valence-corrected chi connectivity index (χ2v) is 18.5. The maximum absolute atomic E-state index is 12.8. The molecule has 5 heteroatoms. The normalized spacial score (nSPS) is 13.0. The first-order chi connectivity index (χ1) is 33.6. The summed E-state index contributed by atoms with van der Waals surface area (Å²) in [5.41, 5.74) is 0. The van der Waals surface area contributed by atoms with Crippen LogP contribution in [0.3, 0.4) is 0 Å². The van der Waals surface area contributed by atoms with Gasteiger partial charge in [0.1, 0.15) is 6.61 Å². The highest BCUT2D eigenvalue weighted by Crippen LogP contribution is 2.14. The molecule has 0 aromatic carbocycles. The number of unbranched alkanes of at least 4 members (excludes halogenated alkanes) is 22. The van der Waals surface area contributed by atoms with Gasteiger partial charge in [0.2, 0.25) is 0 Å². The van der Waals surface area contributed by atoms with E-state index in [1.807, 2.05) is 6.08 Å². The van der Waals surface area contributed by atoms with Crippen molar-refractivity contribution >= 4 is 11.9 Å². The predicted octanol–water partition coefficient (Wildman–Crippen LogP) is 19.6. The largest absolute Gasteiger partial charge is 0.462 e. The Kier molecular flexibility index (Phi) is 54.9. The van der Waals surface area contributed by atoms with Gasteiger partial charge in [-0.1, -0.05) is 259 Å². The van der Waals surface area contributed by atoms with Crippen LogP contribution in [-0.2, 0) is 23.8 Å². The van der Waals surface area contributed by atoms with Gasteiger partial charge in [-0.2, -0.15) is 0 Å². The maximum atomic E-state index is 12.8. The molecule has 0 aromatic heterocycles. The standard InChI is InChI=1S/C63H106O5/c1-4-7-10-13-16-19-22-25-28-31-32-34-35-38-41-44-47-50-53-56-62(64)67-60-61(59-66-58-55-52-49-46-43-40-37-30-27-24-21-18-15-12-9-6-3)68-63(65)57-54-51-48-45-42-39-36-33-29-26-23-20-17-14-11-8-5-2/h7,10,16,19,25-26,28-29,32,34,36,38-39,41,45,47-48,50,61H,4-6,8-9,11-15,17-18,20-24,27,30-31,33,35,37,40,42-44,46,49,51-60H2,1-3H3/b10-7-,19-16-,28-25-,29-26-,34-32-,39-36-,41-38-,48-45-,50-47-/t61-/m1/s1. The lowest BCUT2D eigenvalue weighted by molar-refractivity contribution is -0.162. The van der Waals surface area contributed by atoms with Gasteiger partial charge in [0.05, 0.1) is 6.61 Å². The predicted molar refractivity (Wildman–Crippen MR) is 297 cm³/mol. The van der Waals surface area contributed by atoms with Crippen LogP contribution in [0.5, 0.6) is 0 Å². The lowest BCUT2D eigenvalue weighted by atomic mass is 10.0. The zero-order valence-corrected chi connectivity index (χ0v) is 44.6. The van der Waals surface area contributed by atoms with E-state index in [1.165, 1.54) is 135 Å². The van der Waals surface area contributed by atoms with Crippen LogP contribution in [0.2, 0.25) is 0 Å². The molecular formula is C63H106O5. The molecule has 0 aliphatic heterocycles. The van der Waals surface area contributed by atoms with Gasteiger partial charge in [-0.15, -0.1) is 0 Å². The Labute approximate surface area is 421 Å². The Balaban J connectivity index is 4.47. The van der Waals surface area contributed by atoms with Crippen LogP contribution < -0.4 is 0 Å². The highest BCUT2D eigenvalue weighted by molar-refractivity contribution is 5.70. The number of carbonyl (C=O) groups is 2. The molecule has 0 bridgehead atoms. The van der Waals surface area contributed by atoms with E-state index in [1.54, 1.807) is 0 Å². The molecule has 1 atom stereocenters. The highest BCUT2D eigenvalue weighted by atomic mass is 16.6. The number of hydrogen-bond acceptors (Lipinski definition) is 5. The Hall–Kier alpha value is -3.44. The second-order valence-electron chi connectivity index (χ2n) is 18.5. The van der Waals surface area contributed by atoms with Crippen LogP contribution >= 0.6 is 0 Å². The van der Waals surface area contributed by atoms with Crippen molar-refractivity contribution in [2.45, 2.75) is 258 Å². The molecule has 0 aromatic rings. The van der Waals surface area contributed by atoms with Crippen molar-refractivity contribution in [1.82, 2.24) is 0 Å². The fourth-order valence-electron chi connectivity index (χ4n) is 7.61. The summed E-state index contributed by atoms with van der Waals surface area (Å²) < 4.78 is 17.3. The van der Waals surface area contributed by atoms with Crippen molar-refractivity contribution in [3.63, 3.8) is 0 Å². The summed E-state index contributed by atoms with van der Waals surface area (Å²) in [6.45, 7) is 7.59. The SMILES string of the molecule is CC/C=C\C/C=C\C/C=C\C/C=C\C/C=C\C/C=C\CCC(=O)OC[C@@H](COCCCCCCCCCCCCCCCCCC)OC(=O)CCC/C=C\C/C=C\C/C=C\CCCCCCCC. The van der Waals surface area contributed by atoms with Gasteiger partial charge in [0.15, 0.2) is 6.10 Å². The summed E-state index contributed by atoms with van der Waals surface area (Å²) in [5, 5.41) is 0. The number of carbonyl (C=O) groups excluding carboxylic acids is 2. The van der Waals surface area contributed by atoms with Gasteiger partial charge < -0.3 is 14.2 Å². The summed E-state index contributed by atoms with van der Waals surface area (Å²) in [6.07, 6.45) is 79.8. The van der Waals surface area contributed by atoms with Crippen molar-refractivity contribution in [1.29, 1.82) is 0 Å². The lowest BCUT2D eigenvalue weighted by Crippen LogP contribution is -2.30. The van der Waals surface area contributed by atoms with Gasteiger partial charge in [0, 0.05) is 19.4 Å². The first kappa shape index (κ1) is 64.6. The molecule has 388 valence electrons. The maximum Gasteiger partial charge on any atom is 0.306 e. The van der Waals surface area contributed by atoms with Gasteiger partial charge in [-0.3, -0.25) is 9.59 Å². The molecule has 0 aliphatic rings. The van der Waals surface area contributed by atoms with E-state index in [9.17, 15) is 9.59 Å². The van der Waals surface area contributed by atoms with Crippen LogP contribution in [0.15, 0.2) is 109 Å². The fourth-order valence-corrected chi connectivity index (χ4v) is 7.61. The van der Waals surface area contributed by atoms with Gasteiger partial charge >= 0.3 is 11.9 Å². The molecule has 0 unspecified atom stereocenters. The number of ether oxygens (including phenoxy) is 3. The van der Waals surface area contributed by atoms with E-state index in [-0.39, 0.29) is 25.2 Å². The van der Waals surface area contributed by atoms with Crippen LogP contribution in [0, 0.1) is 0 Å². The van der Waals surface area contributed by atoms with Crippen molar-refractivity contribution in [3.05, 3.63) is 109 Å². The molecule has 0 saturated heterocycles. The zero-order valence-electron chi connectivity index (χ0n) is 44.6. The third-order valence-corrected chi connectivity index (χ3v) is 11.8. The van der Waals surface area contributed by atoms with Crippen molar-refractivity contribution in [3.8, 4) is 0 Å². The highest BCUT2D eigenvalue weighted by Gasteiger charge is 2.17. The molecule has 0 fully saturated rings. The van der Waals surface area contributed by atoms with Crippen molar-refractivity contribution in [2.24, 2.45) is 0 Å².